The van der Waals surface area contributed by atoms with E-state index < -0.39 is 45.3 Å². The minimum Gasteiger partial charge on any atom is -0.504 e. The molecule has 0 aliphatic heterocycles. The zero-order valence-electron chi connectivity index (χ0n) is 15.4. The Balaban J connectivity index is 2.42. The second kappa shape index (κ2) is 5.38. The van der Waals surface area contributed by atoms with Crippen LogP contribution in [0.15, 0.2) is 35.6 Å². The van der Waals surface area contributed by atoms with Crippen molar-refractivity contribution >= 4 is 11.6 Å². The summed E-state index contributed by atoms with van der Waals surface area (Å²) < 4.78 is 0. The molecule has 0 aromatic rings. The summed E-state index contributed by atoms with van der Waals surface area (Å²) in [6.07, 6.45) is 2.31. The van der Waals surface area contributed by atoms with Crippen molar-refractivity contribution in [1.82, 2.24) is 0 Å². The molecular weight excluding hydrogens is 336 g/mol. The molecule has 0 radical (unpaired) electrons. The topological polar surface area (TPSA) is 115 Å². The van der Waals surface area contributed by atoms with Gasteiger partial charge in [0.05, 0.1) is 18.1 Å². The van der Waals surface area contributed by atoms with Crippen LogP contribution >= 0.6 is 0 Å². The Morgan fingerprint density at radius 1 is 1.31 bits per heavy atom. The molecule has 0 aromatic heterocycles. The van der Waals surface area contributed by atoms with Crippen molar-refractivity contribution in [3.05, 3.63) is 35.6 Å². The molecule has 3 aliphatic rings. The zero-order chi connectivity index (χ0) is 19.7. The third-order valence-electron chi connectivity index (χ3n) is 6.83. The van der Waals surface area contributed by atoms with Crippen molar-refractivity contribution in [2.24, 2.45) is 16.2 Å². The lowest BCUT2D eigenvalue weighted by atomic mass is 9.45. The number of Topliss-reactive ketones (excluding diaryl/α,β-unsaturated/α-hetero) is 2. The monoisotopic (exact) mass is 362 g/mol. The van der Waals surface area contributed by atoms with E-state index in [9.17, 15) is 30.0 Å². The molecule has 3 rings (SSSR count). The highest BCUT2D eigenvalue weighted by atomic mass is 16.3. The van der Waals surface area contributed by atoms with Gasteiger partial charge in [-0.05, 0) is 25.3 Å². The lowest BCUT2D eigenvalue weighted by Gasteiger charge is -2.59. The summed E-state index contributed by atoms with van der Waals surface area (Å²) in [5.74, 6) is -2.03. The van der Waals surface area contributed by atoms with Crippen LogP contribution in [0.4, 0.5) is 0 Å². The number of hydrogen-bond donors (Lipinski definition) is 4. The largest absolute Gasteiger partial charge is 0.504 e. The molecule has 26 heavy (non-hydrogen) atoms. The standard InChI is InChI=1S/C20H26O6/c1-5-17(2)8-11-14(24)15(25)16-18(3,10-21)7-6-12(22)19(16,4)20(11,26)13(23)9-17/h5,8,12,21-22,25-26H,1,6-7,9-10H2,2-4H3. The molecule has 3 aliphatic carbocycles. The summed E-state index contributed by atoms with van der Waals surface area (Å²) >= 11 is 0. The van der Waals surface area contributed by atoms with Gasteiger partial charge in [0.2, 0.25) is 5.78 Å². The maximum Gasteiger partial charge on any atom is 0.226 e. The summed E-state index contributed by atoms with van der Waals surface area (Å²) in [6, 6.07) is 0. The summed E-state index contributed by atoms with van der Waals surface area (Å²) in [5.41, 5.74) is -5.87. The highest BCUT2D eigenvalue weighted by molar-refractivity contribution is 6.17. The van der Waals surface area contributed by atoms with Crippen molar-refractivity contribution in [2.75, 3.05) is 6.61 Å². The number of ketones is 2. The Kier molecular flexibility index (Phi) is 3.93. The third-order valence-corrected chi connectivity index (χ3v) is 6.83. The Hall–Kier alpha value is -1.76. The van der Waals surface area contributed by atoms with Crippen molar-refractivity contribution in [3.8, 4) is 0 Å². The number of aliphatic hydroxyl groups is 4. The predicted molar refractivity (Wildman–Crippen MR) is 94.2 cm³/mol. The van der Waals surface area contributed by atoms with Gasteiger partial charge in [-0.3, -0.25) is 9.59 Å². The zero-order valence-corrected chi connectivity index (χ0v) is 15.4. The Bertz CT molecular complexity index is 779. The van der Waals surface area contributed by atoms with Crippen LogP contribution in [0.3, 0.4) is 0 Å². The van der Waals surface area contributed by atoms with Gasteiger partial charge in [0, 0.05) is 22.8 Å². The average Bonchev–Trinajstić information content (AvgIpc) is 2.60. The predicted octanol–water partition coefficient (Wildman–Crippen LogP) is 1.36. The summed E-state index contributed by atoms with van der Waals surface area (Å²) in [7, 11) is 0. The van der Waals surface area contributed by atoms with E-state index in [4.69, 9.17) is 0 Å². The van der Waals surface area contributed by atoms with E-state index in [-0.39, 0.29) is 30.6 Å². The van der Waals surface area contributed by atoms with E-state index in [1.165, 1.54) is 19.1 Å². The first-order valence-corrected chi connectivity index (χ1v) is 8.82. The number of carbonyl (C=O) groups excluding carboxylic acids is 2. The number of aliphatic hydroxyl groups excluding tert-OH is 3. The SMILES string of the molecule is C=CC1(C)C=C2C(=O)C(O)=C3C(C)(CO)CCC(O)C3(C)C2(O)C(=O)C1. The fourth-order valence-corrected chi connectivity index (χ4v) is 5.06. The van der Waals surface area contributed by atoms with Crippen LogP contribution in [0.1, 0.15) is 40.0 Å². The molecule has 6 nitrogen and oxygen atoms in total. The van der Waals surface area contributed by atoms with Gasteiger partial charge in [0.15, 0.2) is 17.1 Å². The first-order valence-electron chi connectivity index (χ1n) is 8.82. The van der Waals surface area contributed by atoms with Crippen LogP contribution in [0.5, 0.6) is 0 Å². The fraction of sp³-hybridized carbons (Fsp3) is 0.600. The van der Waals surface area contributed by atoms with Crippen LogP contribution in [0.25, 0.3) is 0 Å². The minimum atomic E-state index is -2.26. The molecule has 5 atom stereocenters. The van der Waals surface area contributed by atoms with Crippen molar-refractivity contribution in [1.29, 1.82) is 0 Å². The molecule has 4 N–H and O–H groups in total. The Labute approximate surface area is 152 Å². The molecule has 142 valence electrons. The summed E-state index contributed by atoms with van der Waals surface area (Å²) in [4.78, 5) is 26.0. The number of allylic oxidation sites excluding steroid dienone is 3. The van der Waals surface area contributed by atoms with E-state index in [1.807, 2.05) is 0 Å². The Morgan fingerprint density at radius 3 is 2.46 bits per heavy atom. The highest BCUT2D eigenvalue weighted by Gasteiger charge is 2.70. The first-order chi connectivity index (χ1) is 11.9. The molecule has 0 heterocycles. The molecule has 5 unspecified atom stereocenters. The normalized spacial score (nSPS) is 45.8. The number of rotatable bonds is 2. The van der Waals surface area contributed by atoms with Crippen LogP contribution in [-0.4, -0.2) is 50.3 Å². The second-order valence-corrected chi connectivity index (χ2v) is 8.61. The van der Waals surface area contributed by atoms with Crippen LogP contribution < -0.4 is 0 Å². The van der Waals surface area contributed by atoms with E-state index >= 15 is 0 Å². The minimum absolute atomic E-state index is 0.0615. The number of fused-ring (bicyclic) bond motifs is 3. The second-order valence-electron chi connectivity index (χ2n) is 8.61. The maximum absolute atomic E-state index is 13.1. The highest BCUT2D eigenvalue weighted by Crippen LogP contribution is 2.63. The Morgan fingerprint density at radius 2 is 1.92 bits per heavy atom. The van der Waals surface area contributed by atoms with Gasteiger partial charge in [-0.2, -0.15) is 0 Å². The first kappa shape index (κ1) is 19.0. The maximum atomic E-state index is 13.1. The molecule has 0 amide bonds. The van der Waals surface area contributed by atoms with Crippen LogP contribution in [-0.2, 0) is 9.59 Å². The number of hydrogen-bond acceptors (Lipinski definition) is 6. The number of carbonyl (C=O) groups is 2. The lowest BCUT2D eigenvalue weighted by molar-refractivity contribution is -0.169. The third kappa shape index (κ3) is 1.98. The van der Waals surface area contributed by atoms with Gasteiger partial charge in [0.25, 0.3) is 0 Å². The van der Waals surface area contributed by atoms with E-state index in [0.29, 0.717) is 6.42 Å². The molecule has 0 spiro atoms. The van der Waals surface area contributed by atoms with Gasteiger partial charge < -0.3 is 20.4 Å². The molecule has 0 saturated heterocycles. The summed E-state index contributed by atoms with van der Waals surface area (Å²) in [6.45, 7) is 8.19. The molecule has 6 heteroatoms. The lowest BCUT2D eigenvalue weighted by Crippen LogP contribution is -2.69. The van der Waals surface area contributed by atoms with E-state index in [2.05, 4.69) is 6.58 Å². The van der Waals surface area contributed by atoms with Gasteiger partial charge >= 0.3 is 0 Å². The molecule has 0 bridgehead atoms. The van der Waals surface area contributed by atoms with Crippen molar-refractivity contribution in [2.45, 2.75) is 51.7 Å². The molecule has 1 fully saturated rings. The molecular formula is C20H26O6. The van der Waals surface area contributed by atoms with E-state index in [1.54, 1.807) is 13.8 Å². The van der Waals surface area contributed by atoms with Gasteiger partial charge in [0.1, 0.15) is 0 Å². The van der Waals surface area contributed by atoms with Crippen LogP contribution in [0.2, 0.25) is 0 Å². The van der Waals surface area contributed by atoms with Crippen LogP contribution in [0, 0.1) is 16.2 Å². The van der Waals surface area contributed by atoms with E-state index in [0.717, 1.165) is 0 Å². The van der Waals surface area contributed by atoms with Gasteiger partial charge in [-0.25, -0.2) is 0 Å². The average molecular weight is 362 g/mol. The smallest absolute Gasteiger partial charge is 0.226 e. The molecule has 1 saturated carbocycles. The fourth-order valence-electron chi connectivity index (χ4n) is 5.06. The van der Waals surface area contributed by atoms with Crippen molar-refractivity contribution < 1.29 is 30.0 Å². The van der Waals surface area contributed by atoms with Gasteiger partial charge in [-0.1, -0.05) is 26.0 Å². The van der Waals surface area contributed by atoms with Gasteiger partial charge in [-0.15, -0.1) is 6.58 Å². The summed E-state index contributed by atoms with van der Waals surface area (Å²) in [5, 5.41) is 43.0. The quantitative estimate of drug-likeness (QED) is 0.552. The van der Waals surface area contributed by atoms with Crippen molar-refractivity contribution in [3.63, 3.8) is 0 Å². The molecule has 0 aromatic carbocycles.